The highest BCUT2D eigenvalue weighted by atomic mass is 79.9. The second-order valence-corrected chi connectivity index (χ2v) is 9.44. The van der Waals surface area contributed by atoms with E-state index in [2.05, 4.69) is 26.7 Å². The molecule has 0 saturated carbocycles. The topological polar surface area (TPSA) is 70.0 Å². The van der Waals surface area contributed by atoms with Crippen LogP contribution < -0.4 is 4.72 Å². The van der Waals surface area contributed by atoms with E-state index in [1.165, 1.54) is 11.3 Å². The minimum absolute atomic E-state index is 0.234. The van der Waals surface area contributed by atoms with E-state index in [-0.39, 0.29) is 4.21 Å². The van der Waals surface area contributed by atoms with E-state index < -0.39 is 10.0 Å². The van der Waals surface area contributed by atoms with Crippen molar-refractivity contribution in [1.29, 1.82) is 5.26 Å². The molecule has 0 aliphatic heterocycles. The maximum Gasteiger partial charge on any atom is 0.273 e. The number of sulfonamides is 1. The minimum Gasteiger partial charge on any atom is -0.269 e. The molecule has 2 aromatic heterocycles. The lowest BCUT2D eigenvalue weighted by Crippen LogP contribution is -2.12. The van der Waals surface area contributed by atoms with E-state index in [4.69, 9.17) is 0 Å². The fourth-order valence-corrected chi connectivity index (χ4v) is 7.28. The number of aryl methyl sites for hydroxylation is 1. The van der Waals surface area contributed by atoms with Crippen LogP contribution in [0, 0.1) is 11.3 Å². The highest BCUT2D eigenvalue weighted by molar-refractivity contribution is 9.10. The fraction of sp³-hybridized carbons (Fsp3) is 0.308. The van der Waals surface area contributed by atoms with Crippen molar-refractivity contribution >= 4 is 53.6 Å². The van der Waals surface area contributed by atoms with Gasteiger partial charge in [0.05, 0.1) is 5.56 Å². The van der Waals surface area contributed by atoms with Crippen LogP contribution in [0.25, 0.3) is 0 Å². The maximum absolute atomic E-state index is 12.4. The zero-order chi connectivity index (χ0) is 15.0. The predicted octanol–water partition coefficient (Wildman–Crippen LogP) is 4.12. The molecule has 110 valence electrons. The number of thiophene rings is 2. The fourth-order valence-electron chi connectivity index (χ4n) is 2.40. The van der Waals surface area contributed by atoms with Crippen LogP contribution in [-0.2, 0) is 22.9 Å². The Morgan fingerprint density at radius 1 is 1.33 bits per heavy atom. The Morgan fingerprint density at radius 2 is 2.10 bits per heavy atom. The van der Waals surface area contributed by atoms with Gasteiger partial charge in [-0.25, -0.2) is 8.42 Å². The van der Waals surface area contributed by atoms with Gasteiger partial charge < -0.3 is 0 Å². The average Bonchev–Trinajstić information content (AvgIpc) is 3.01. The highest BCUT2D eigenvalue weighted by Gasteiger charge is 2.26. The third kappa shape index (κ3) is 2.75. The summed E-state index contributed by atoms with van der Waals surface area (Å²) < 4.78 is 28.2. The highest BCUT2D eigenvalue weighted by Crippen LogP contribution is 2.39. The molecular weight excluding hydrogens is 392 g/mol. The Kier molecular flexibility index (Phi) is 4.10. The lowest BCUT2D eigenvalue weighted by atomic mass is 9.96. The van der Waals surface area contributed by atoms with Crippen molar-refractivity contribution in [3.8, 4) is 6.07 Å². The average molecular weight is 403 g/mol. The Balaban J connectivity index is 2.01. The van der Waals surface area contributed by atoms with Gasteiger partial charge in [0.2, 0.25) is 0 Å². The molecule has 0 spiro atoms. The lowest BCUT2D eigenvalue weighted by molar-refractivity contribution is 0.603. The number of halogens is 1. The van der Waals surface area contributed by atoms with E-state index in [1.807, 2.05) is 0 Å². The van der Waals surface area contributed by atoms with E-state index >= 15 is 0 Å². The Bertz CT molecular complexity index is 830. The number of nitriles is 1. The summed E-state index contributed by atoms with van der Waals surface area (Å²) in [6.07, 6.45) is 3.94. The first-order valence-corrected chi connectivity index (χ1v) is 10.3. The van der Waals surface area contributed by atoms with Crippen LogP contribution >= 0.6 is 38.6 Å². The molecule has 0 saturated heterocycles. The molecule has 0 aromatic carbocycles. The number of rotatable bonds is 3. The van der Waals surface area contributed by atoms with Crippen LogP contribution in [0.2, 0.25) is 0 Å². The summed E-state index contributed by atoms with van der Waals surface area (Å²) in [5.41, 5.74) is 1.52. The molecular formula is C13H11BrN2O2S3. The third-order valence-electron chi connectivity index (χ3n) is 3.34. The Labute approximate surface area is 139 Å². The summed E-state index contributed by atoms with van der Waals surface area (Å²) in [5.74, 6) is 0. The molecule has 0 atom stereocenters. The molecule has 1 aliphatic carbocycles. The van der Waals surface area contributed by atoms with Crippen molar-refractivity contribution in [2.24, 2.45) is 0 Å². The minimum atomic E-state index is -3.65. The molecule has 0 bridgehead atoms. The molecule has 0 radical (unpaired) electrons. The van der Waals surface area contributed by atoms with Crippen molar-refractivity contribution in [3.63, 3.8) is 0 Å². The molecule has 0 fully saturated rings. The zero-order valence-electron chi connectivity index (χ0n) is 10.8. The second kappa shape index (κ2) is 5.72. The van der Waals surface area contributed by atoms with Crippen molar-refractivity contribution in [2.45, 2.75) is 29.9 Å². The second-order valence-electron chi connectivity index (χ2n) is 4.69. The summed E-state index contributed by atoms with van der Waals surface area (Å²) in [6.45, 7) is 0. The molecule has 4 nitrogen and oxygen atoms in total. The van der Waals surface area contributed by atoms with Gasteiger partial charge >= 0.3 is 0 Å². The summed E-state index contributed by atoms with van der Waals surface area (Å²) in [6, 6.07) is 3.86. The van der Waals surface area contributed by atoms with Gasteiger partial charge in [-0.05, 0) is 58.6 Å². The number of nitrogens with zero attached hydrogens (tertiary/aromatic N) is 1. The largest absolute Gasteiger partial charge is 0.273 e. The number of hydrogen-bond acceptors (Lipinski definition) is 5. The van der Waals surface area contributed by atoms with E-state index in [9.17, 15) is 13.7 Å². The van der Waals surface area contributed by atoms with Gasteiger partial charge in [-0.1, -0.05) is 0 Å². The standard InChI is InChI=1S/C13H11BrN2O2S3/c14-10-5-6-19-13(10)21(17,18)16-12-9(7-15)8-3-1-2-4-11(8)20-12/h5-6,16H,1-4H2. The molecule has 1 aliphatic rings. The lowest BCUT2D eigenvalue weighted by Gasteiger charge is -2.09. The van der Waals surface area contributed by atoms with Crippen molar-refractivity contribution in [1.82, 2.24) is 0 Å². The quantitative estimate of drug-likeness (QED) is 0.838. The maximum atomic E-state index is 12.4. The first kappa shape index (κ1) is 15.0. The molecule has 2 heterocycles. The van der Waals surface area contributed by atoms with E-state index in [0.717, 1.165) is 47.5 Å². The monoisotopic (exact) mass is 402 g/mol. The van der Waals surface area contributed by atoms with Crippen LogP contribution in [0.4, 0.5) is 5.00 Å². The third-order valence-corrected chi connectivity index (χ3v) is 8.69. The van der Waals surface area contributed by atoms with Crippen molar-refractivity contribution in [3.05, 3.63) is 31.9 Å². The SMILES string of the molecule is N#Cc1c(NS(=O)(=O)c2sccc2Br)sc2c1CCCC2. The number of anilines is 1. The summed E-state index contributed by atoms with van der Waals surface area (Å²) in [4.78, 5) is 1.14. The van der Waals surface area contributed by atoms with Crippen LogP contribution in [-0.4, -0.2) is 8.42 Å². The van der Waals surface area contributed by atoms with Gasteiger partial charge in [0, 0.05) is 9.35 Å². The number of fused-ring (bicyclic) bond motifs is 1. The van der Waals surface area contributed by atoms with Gasteiger partial charge in [-0.3, -0.25) is 4.72 Å². The van der Waals surface area contributed by atoms with Crippen molar-refractivity contribution in [2.75, 3.05) is 4.72 Å². The van der Waals surface area contributed by atoms with Crippen LogP contribution in [0.1, 0.15) is 28.8 Å². The molecule has 3 rings (SSSR count). The number of hydrogen-bond donors (Lipinski definition) is 1. The van der Waals surface area contributed by atoms with Gasteiger partial charge in [0.25, 0.3) is 10.0 Å². The summed E-state index contributed by atoms with van der Waals surface area (Å²) in [5, 5.41) is 11.5. The van der Waals surface area contributed by atoms with Crippen LogP contribution in [0.15, 0.2) is 20.1 Å². The molecule has 1 N–H and O–H groups in total. The zero-order valence-corrected chi connectivity index (χ0v) is 14.9. The molecule has 21 heavy (non-hydrogen) atoms. The van der Waals surface area contributed by atoms with Crippen LogP contribution in [0.3, 0.4) is 0 Å². The molecule has 2 aromatic rings. The molecule has 0 unspecified atom stereocenters. The first-order valence-electron chi connectivity index (χ1n) is 6.33. The molecule has 0 amide bonds. The van der Waals surface area contributed by atoms with Gasteiger partial charge in [0.15, 0.2) is 4.21 Å². The van der Waals surface area contributed by atoms with Gasteiger partial charge in [0.1, 0.15) is 11.1 Å². The van der Waals surface area contributed by atoms with E-state index in [1.54, 1.807) is 11.4 Å². The van der Waals surface area contributed by atoms with Gasteiger partial charge in [-0.2, -0.15) is 5.26 Å². The Hall–Kier alpha value is -0.880. The predicted molar refractivity (Wildman–Crippen MR) is 88.5 cm³/mol. The normalized spacial score (nSPS) is 14.5. The summed E-state index contributed by atoms with van der Waals surface area (Å²) >= 11 is 5.78. The van der Waals surface area contributed by atoms with Crippen molar-refractivity contribution < 1.29 is 8.42 Å². The smallest absolute Gasteiger partial charge is 0.269 e. The van der Waals surface area contributed by atoms with Gasteiger partial charge in [-0.15, -0.1) is 22.7 Å². The van der Waals surface area contributed by atoms with Crippen LogP contribution in [0.5, 0.6) is 0 Å². The Morgan fingerprint density at radius 3 is 2.76 bits per heavy atom. The number of nitrogens with one attached hydrogen (secondary N) is 1. The summed E-state index contributed by atoms with van der Waals surface area (Å²) in [7, 11) is -3.65. The first-order chi connectivity index (χ1) is 10.0. The van der Waals surface area contributed by atoms with E-state index in [0.29, 0.717) is 15.0 Å². The molecule has 8 heteroatoms.